The molecule has 0 aliphatic rings. The van der Waals surface area contributed by atoms with Crippen LogP contribution in [0.15, 0.2) is 170 Å². The first-order valence-electron chi connectivity index (χ1n) is 17.2. The van der Waals surface area contributed by atoms with Crippen LogP contribution in [0, 0.1) is 0 Å². The average Bonchev–Trinajstić information content (AvgIpc) is 3.85. The van der Waals surface area contributed by atoms with E-state index < -0.39 is 0 Å². The molecule has 11 rings (SSSR count). The van der Waals surface area contributed by atoms with E-state index in [9.17, 15) is 0 Å². The molecule has 5 heterocycles. The van der Waals surface area contributed by atoms with Gasteiger partial charge in [-0.1, -0.05) is 12.1 Å². The van der Waals surface area contributed by atoms with Crippen LogP contribution in [0.1, 0.15) is 0 Å². The number of benzene rings is 6. The van der Waals surface area contributed by atoms with E-state index in [1.807, 2.05) is 0 Å². The SMILES string of the molecule is c1ccc(-n2c3ccccc3c3cc(-c4ccc5[se]c6ccc(-c7ccc8c(c7)c7ccccc7n8-c7ccccc7)nc6c5n4)ccc32)cc1. The molecule has 0 fully saturated rings. The van der Waals surface area contributed by atoms with Crippen molar-refractivity contribution in [2.75, 3.05) is 0 Å². The number of fused-ring (bicyclic) bond motifs is 9. The minimum absolute atomic E-state index is 0.168. The van der Waals surface area contributed by atoms with Gasteiger partial charge in [-0.2, -0.15) is 0 Å². The summed E-state index contributed by atoms with van der Waals surface area (Å²) in [5, 5.41) is 4.93. The maximum atomic E-state index is 5.32. The molecular weight excluding hydrogens is 687 g/mol. The van der Waals surface area contributed by atoms with Crippen LogP contribution >= 0.6 is 0 Å². The van der Waals surface area contributed by atoms with Gasteiger partial charge in [0.2, 0.25) is 0 Å². The van der Waals surface area contributed by atoms with Crippen LogP contribution in [0.4, 0.5) is 0 Å². The van der Waals surface area contributed by atoms with Crippen molar-refractivity contribution >= 4 is 77.7 Å². The summed E-state index contributed by atoms with van der Waals surface area (Å²) >= 11 is 0.168. The first kappa shape index (κ1) is 28.6. The van der Waals surface area contributed by atoms with E-state index >= 15 is 0 Å². The molecule has 0 atom stereocenters. The van der Waals surface area contributed by atoms with Crippen LogP contribution in [0.2, 0.25) is 0 Å². The Balaban J connectivity index is 1.04. The van der Waals surface area contributed by atoms with E-state index in [2.05, 4.69) is 179 Å². The van der Waals surface area contributed by atoms with E-state index in [0.29, 0.717) is 0 Å². The Morgan fingerprint density at radius 2 is 0.765 bits per heavy atom. The summed E-state index contributed by atoms with van der Waals surface area (Å²) in [6.45, 7) is 0. The Labute approximate surface area is 299 Å². The Kier molecular flexibility index (Phi) is 6.23. The second kappa shape index (κ2) is 11.1. The monoisotopic (exact) mass is 716 g/mol. The molecule has 0 unspecified atom stereocenters. The number of rotatable bonds is 4. The first-order chi connectivity index (χ1) is 25.3. The predicted molar refractivity (Wildman–Crippen MR) is 214 cm³/mol. The van der Waals surface area contributed by atoms with Gasteiger partial charge in [0.1, 0.15) is 0 Å². The van der Waals surface area contributed by atoms with Gasteiger partial charge in [-0.05, 0) is 0 Å². The molecule has 5 heteroatoms. The zero-order chi connectivity index (χ0) is 33.5. The molecule has 0 aliphatic carbocycles. The van der Waals surface area contributed by atoms with E-state index in [1.165, 1.54) is 52.1 Å². The molecule has 0 radical (unpaired) electrons. The number of pyridine rings is 2. The van der Waals surface area contributed by atoms with Crippen molar-refractivity contribution in [3.05, 3.63) is 170 Å². The molecule has 51 heavy (non-hydrogen) atoms. The van der Waals surface area contributed by atoms with Gasteiger partial charge in [0, 0.05) is 0 Å². The molecule has 4 nitrogen and oxygen atoms in total. The molecule has 0 amide bonds. The second-order valence-corrected chi connectivity index (χ2v) is 15.3. The third-order valence-electron chi connectivity index (χ3n) is 10.1. The molecule has 5 aromatic heterocycles. The summed E-state index contributed by atoms with van der Waals surface area (Å²) in [6.07, 6.45) is 0. The summed E-state index contributed by atoms with van der Waals surface area (Å²) in [4.78, 5) is 10.6. The molecule has 6 aromatic carbocycles. The Bertz CT molecular complexity index is 2920. The van der Waals surface area contributed by atoms with Gasteiger partial charge in [-0.15, -0.1) is 0 Å². The maximum absolute atomic E-state index is 5.32. The summed E-state index contributed by atoms with van der Waals surface area (Å²) in [5.74, 6) is 0. The normalized spacial score (nSPS) is 11.9. The molecule has 0 aliphatic heterocycles. The molecule has 238 valence electrons. The summed E-state index contributed by atoms with van der Waals surface area (Å²) < 4.78 is 7.28. The molecule has 0 bridgehead atoms. The fourth-order valence-corrected chi connectivity index (χ4v) is 9.88. The molecular formula is C46H28N4Se. The van der Waals surface area contributed by atoms with Gasteiger partial charge >= 0.3 is 288 Å². The van der Waals surface area contributed by atoms with Gasteiger partial charge in [-0.25, -0.2) is 0 Å². The summed E-state index contributed by atoms with van der Waals surface area (Å²) in [7, 11) is 0. The van der Waals surface area contributed by atoms with Crippen LogP contribution in [0.3, 0.4) is 0 Å². The van der Waals surface area contributed by atoms with Crippen LogP contribution < -0.4 is 0 Å². The van der Waals surface area contributed by atoms with E-state index in [0.717, 1.165) is 44.9 Å². The molecule has 0 saturated carbocycles. The van der Waals surface area contributed by atoms with Crippen LogP contribution in [-0.2, 0) is 0 Å². The topological polar surface area (TPSA) is 35.6 Å². The first-order valence-corrected chi connectivity index (χ1v) is 18.9. The zero-order valence-corrected chi connectivity index (χ0v) is 29.1. The van der Waals surface area contributed by atoms with Crippen molar-refractivity contribution in [2.24, 2.45) is 0 Å². The number of hydrogen-bond acceptors (Lipinski definition) is 2. The Hall–Kier alpha value is -6.26. The quantitative estimate of drug-likeness (QED) is 0.170. The second-order valence-electron chi connectivity index (χ2n) is 13.0. The predicted octanol–water partition coefficient (Wildman–Crippen LogP) is 11.4. The number of para-hydroxylation sites is 4. The fourth-order valence-electron chi connectivity index (χ4n) is 7.81. The number of aromatic nitrogens is 4. The van der Waals surface area contributed by atoms with Crippen LogP contribution in [0.25, 0.3) is 97.1 Å². The molecule has 11 aromatic rings. The zero-order valence-electron chi connectivity index (χ0n) is 27.4. The number of nitrogens with zero attached hydrogens (tertiary/aromatic N) is 4. The molecule has 0 saturated heterocycles. The van der Waals surface area contributed by atoms with Crippen molar-refractivity contribution in [3.63, 3.8) is 0 Å². The van der Waals surface area contributed by atoms with Gasteiger partial charge in [-0.3, -0.25) is 0 Å². The third kappa shape index (κ3) is 4.39. The third-order valence-corrected chi connectivity index (χ3v) is 12.4. The fraction of sp³-hybridized carbons (Fsp3) is 0. The molecule has 0 spiro atoms. The van der Waals surface area contributed by atoms with Crippen LogP contribution in [-0.4, -0.2) is 33.6 Å². The van der Waals surface area contributed by atoms with Crippen molar-refractivity contribution in [3.8, 4) is 33.9 Å². The van der Waals surface area contributed by atoms with Crippen molar-refractivity contribution in [1.29, 1.82) is 0 Å². The van der Waals surface area contributed by atoms with Gasteiger partial charge in [0.25, 0.3) is 0 Å². The van der Waals surface area contributed by atoms with Crippen LogP contribution in [0.5, 0.6) is 0 Å². The van der Waals surface area contributed by atoms with Crippen molar-refractivity contribution < 1.29 is 0 Å². The Morgan fingerprint density at radius 3 is 1.24 bits per heavy atom. The standard InChI is InChI=1S/C46H28N4Se/c1-3-11-31(12-4-1)49-39-17-9-7-15-33(39)35-27-29(19-23-41(35)49)37-21-25-43-45(47-37)46-44(51-43)26-22-38(48-46)30-20-24-42-36(28-30)34-16-8-10-18-40(34)50(42)32-13-5-2-6-14-32/h1-28H. The van der Waals surface area contributed by atoms with Crippen molar-refractivity contribution in [1.82, 2.24) is 19.1 Å². The average molecular weight is 716 g/mol. The summed E-state index contributed by atoms with van der Waals surface area (Å²) in [5.41, 5.74) is 13.3. The number of hydrogen-bond donors (Lipinski definition) is 0. The van der Waals surface area contributed by atoms with Gasteiger partial charge < -0.3 is 0 Å². The van der Waals surface area contributed by atoms with Gasteiger partial charge in [0.05, 0.1) is 0 Å². The summed E-state index contributed by atoms with van der Waals surface area (Å²) in [6, 6.07) is 60.9. The van der Waals surface area contributed by atoms with E-state index in [4.69, 9.17) is 9.97 Å². The van der Waals surface area contributed by atoms with Crippen molar-refractivity contribution in [2.45, 2.75) is 0 Å². The van der Waals surface area contributed by atoms with E-state index in [1.54, 1.807) is 0 Å². The molecule has 0 N–H and O–H groups in total. The van der Waals surface area contributed by atoms with E-state index in [-0.39, 0.29) is 14.5 Å². The minimum atomic E-state index is 0.168. The van der Waals surface area contributed by atoms with Gasteiger partial charge in [0.15, 0.2) is 0 Å². The Morgan fingerprint density at radius 1 is 0.353 bits per heavy atom.